The number of amides is 1. The van der Waals surface area contributed by atoms with Crippen LogP contribution in [0.5, 0.6) is 5.88 Å². The fourth-order valence-electron chi connectivity index (χ4n) is 3.42. The third-order valence-electron chi connectivity index (χ3n) is 4.57. The second kappa shape index (κ2) is 5.10. The van der Waals surface area contributed by atoms with Gasteiger partial charge in [0.2, 0.25) is 18.2 Å². The lowest BCUT2D eigenvalue weighted by atomic mass is 10.00. The highest BCUT2D eigenvalue weighted by atomic mass is 19.4. The van der Waals surface area contributed by atoms with Gasteiger partial charge in [0.05, 0.1) is 6.04 Å². The Morgan fingerprint density at radius 1 is 1.36 bits per heavy atom. The lowest BCUT2D eigenvalue weighted by molar-refractivity contribution is -0.140. The maximum absolute atomic E-state index is 13.4. The molecule has 0 aromatic carbocycles. The highest BCUT2D eigenvalue weighted by Gasteiger charge is 2.50. The van der Waals surface area contributed by atoms with Crippen molar-refractivity contribution < 1.29 is 27.1 Å². The molecule has 2 aliphatic rings. The van der Waals surface area contributed by atoms with Gasteiger partial charge in [-0.2, -0.15) is 22.5 Å². The summed E-state index contributed by atoms with van der Waals surface area (Å²) in [6.07, 6.45) is -2.93. The lowest BCUT2D eigenvalue weighted by Gasteiger charge is -2.34. The monoisotopic (exact) mass is 318 g/mol. The molecule has 4 nitrogen and oxygen atoms in total. The van der Waals surface area contributed by atoms with Gasteiger partial charge in [-0.15, -0.1) is 0 Å². The minimum atomic E-state index is -4.79. The average Bonchev–Trinajstić information content (AvgIpc) is 2.94. The van der Waals surface area contributed by atoms with E-state index in [9.17, 15) is 22.4 Å². The minimum Gasteiger partial charge on any atom is -0.472 e. The van der Waals surface area contributed by atoms with Gasteiger partial charge in [-0.25, -0.2) is 0 Å². The molecule has 0 N–H and O–H groups in total. The molecule has 0 unspecified atom stereocenters. The first kappa shape index (κ1) is 15.1. The van der Waals surface area contributed by atoms with Crippen molar-refractivity contribution in [1.29, 1.82) is 0 Å². The number of aromatic nitrogens is 1. The smallest absolute Gasteiger partial charge is 0.420 e. The molecule has 1 saturated heterocycles. The van der Waals surface area contributed by atoms with E-state index in [2.05, 4.69) is 4.98 Å². The molecule has 2 heterocycles. The first-order valence-electron chi connectivity index (χ1n) is 6.94. The topological polar surface area (TPSA) is 42.4 Å². The average molecular weight is 318 g/mol. The fourth-order valence-corrected chi connectivity index (χ4v) is 3.42. The summed E-state index contributed by atoms with van der Waals surface area (Å²) in [4.78, 5) is 16.0. The summed E-state index contributed by atoms with van der Waals surface area (Å²) in [6, 6.07) is 1.61. The van der Waals surface area contributed by atoms with Gasteiger partial charge in [0.25, 0.3) is 0 Å². The van der Waals surface area contributed by atoms with E-state index in [1.165, 1.54) is 0 Å². The summed E-state index contributed by atoms with van der Waals surface area (Å²) in [5.41, 5.74) is -1.42. The SMILES string of the molecule is C[C@@H]1[C@H]2C[C@@H](Oc3ccc(C(F)(F)F)c(F)n3)[C@H](C2)N1C=O. The number of rotatable bonds is 3. The maximum Gasteiger partial charge on any atom is 0.420 e. The Balaban J connectivity index is 1.75. The Morgan fingerprint density at radius 3 is 2.64 bits per heavy atom. The molecule has 0 radical (unpaired) electrons. The zero-order chi connectivity index (χ0) is 16.1. The predicted octanol–water partition coefficient (Wildman–Crippen LogP) is 2.63. The number of ether oxygens (including phenoxy) is 1. The number of halogens is 4. The highest BCUT2D eigenvalue weighted by Crippen LogP contribution is 2.43. The van der Waals surface area contributed by atoms with Crippen molar-refractivity contribution in [2.24, 2.45) is 5.92 Å². The maximum atomic E-state index is 13.4. The summed E-state index contributed by atoms with van der Waals surface area (Å²) in [7, 11) is 0. The molecule has 2 bridgehead atoms. The largest absolute Gasteiger partial charge is 0.472 e. The first-order valence-corrected chi connectivity index (χ1v) is 6.94. The predicted molar refractivity (Wildman–Crippen MR) is 67.5 cm³/mol. The number of hydrogen-bond donors (Lipinski definition) is 0. The Morgan fingerprint density at radius 2 is 2.09 bits per heavy atom. The summed E-state index contributed by atoms with van der Waals surface area (Å²) in [6.45, 7) is 1.95. The zero-order valence-corrected chi connectivity index (χ0v) is 11.7. The van der Waals surface area contributed by atoms with Gasteiger partial charge in [0.15, 0.2) is 0 Å². The van der Waals surface area contributed by atoms with Crippen LogP contribution in [0, 0.1) is 11.9 Å². The molecule has 0 spiro atoms. The second-order valence-electron chi connectivity index (χ2n) is 5.73. The molecular formula is C14H14F4N2O2. The third-order valence-corrected chi connectivity index (χ3v) is 4.57. The van der Waals surface area contributed by atoms with E-state index in [0.717, 1.165) is 18.9 Å². The summed E-state index contributed by atoms with van der Waals surface area (Å²) in [5.74, 6) is -1.50. The minimum absolute atomic E-state index is 0.125. The number of alkyl halides is 3. The van der Waals surface area contributed by atoms with Crippen LogP contribution in [0.2, 0.25) is 0 Å². The van der Waals surface area contributed by atoms with E-state index < -0.39 is 17.7 Å². The van der Waals surface area contributed by atoms with Crippen LogP contribution >= 0.6 is 0 Å². The number of carbonyl (C=O) groups excluding carboxylic acids is 1. The van der Waals surface area contributed by atoms with Crippen molar-refractivity contribution in [3.8, 4) is 5.88 Å². The molecule has 3 rings (SSSR count). The van der Waals surface area contributed by atoms with E-state index in [4.69, 9.17) is 4.74 Å². The van der Waals surface area contributed by atoms with Crippen LogP contribution in [0.25, 0.3) is 0 Å². The molecule has 120 valence electrons. The molecule has 22 heavy (non-hydrogen) atoms. The van der Waals surface area contributed by atoms with Gasteiger partial charge >= 0.3 is 6.18 Å². The van der Waals surface area contributed by atoms with Gasteiger partial charge in [-0.05, 0) is 31.7 Å². The number of nitrogens with zero attached hydrogens (tertiary/aromatic N) is 2. The van der Waals surface area contributed by atoms with Crippen molar-refractivity contribution in [3.05, 3.63) is 23.6 Å². The van der Waals surface area contributed by atoms with E-state index in [1.54, 1.807) is 4.90 Å². The lowest BCUT2D eigenvalue weighted by Crippen LogP contribution is -2.47. The van der Waals surface area contributed by atoms with Gasteiger partial charge in [0, 0.05) is 12.1 Å². The molecule has 1 amide bonds. The van der Waals surface area contributed by atoms with Crippen molar-refractivity contribution in [2.75, 3.05) is 0 Å². The highest BCUT2D eigenvalue weighted by molar-refractivity contribution is 5.50. The van der Waals surface area contributed by atoms with Crippen LogP contribution in [0.3, 0.4) is 0 Å². The number of pyridine rings is 1. The van der Waals surface area contributed by atoms with Crippen LogP contribution in [0.1, 0.15) is 25.3 Å². The molecule has 4 atom stereocenters. The number of likely N-dealkylation sites (tertiary alicyclic amines) is 1. The second-order valence-corrected chi connectivity index (χ2v) is 5.73. The summed E-state index contributed by atoms with van der Waals surface area (Å²) >= 11 is 0. The van der Waals surface area contributed by atoms with Gasteiger partial charge in [0.1, 0.15) is 11.7 Å². The van der Waals surface area contributed by atoms with E-state index >= 15 is 0 Å². The Labute approximate surface area is 124 Å². The number of piperidine rings is 1. The standard InChI is InChI=1S/C14H14F4N2O2/c1-7-8-4-10(20(7)6-21)11(5-8)22-12-3-2-9(13(15)19-12)14(16,17)18/h2-3,6-8,10-11H,4-5H2,1H3/t7-,8-,10+,11-/m1/s1. The zero-order valence-electron chi connectivity index (χ0n) is 11.7. The number of carbonyl (C=O) groups is 1. The molecule has 1 aliphatic carbocycles. The van der Waals surface area contributed by atoms with E-state index in [-0.39, 0.29) is 24.1 Å². The van der Waals surface area contributed by atoms with Crippen molar-refractivity contribution >= 4 is 6.41 Å². The van der Waals surface area contributed by atoms with Gasteiger partial charge in [-0.3, -0.25) is 4.79 Å². The molecular weight excluding hydrogens is 304 g/mol. The summed E-state index contributed by atoms with van der Waals surface area (Å²) < 4.78 is 56.4. The first-order chi connectivity index (χ1) is 10.3. The Kier molecular flexibility index (Phi) is 3.49. The van der Waals surface area contributed by atoms with Crippen LogP contribution < -0.4 is 4.74 Å². The van der Waals surface area contributed by atoms with Crippen molar-refractivity contribution in [3.63, 3.8) is 0 Å². The van der Waals surface area contributed by atoms with Crippen LogP contribution in [0.15, 0.2) is 12.1 Å². The van der Waals surface area contributed by atoms with Gasteiger partial charge in [-0.1, -0.05) is 0 Å². The van der Waals surface area contributed by atoms with Crippen LogP contribution in [0.4, 0.5) is 17.6 Å². The molecule has 1 aromatic rings. The molecule has 8 heteroatoms. The Hall–Kier alpha value is -1.86. The number of hydrogen-bond acceptors (Lipinski definition) is 3. The third kappa shape index (κ3) is 2.40. The Bertz CT molecular complexity index is 593. The molecule has 2 fully saturated rings. The number of fused-ring (bicyclic) bond motifs is 2. The normalized spacial score (nSPS) is 30.7. The molecule has 1 saturated carbocycles. The molecule has 1 aliphatic heterocycles. The fraction of sp³-hybridized carbons (Fsp3) is 0.571. The van der Waals surface area contributed by atoms with Crippen molar-refractivity contribution in [2.45, 2.75) is 44.1 Å². The molecule has 1 aromatic heterocycles. The van der Waals surface area contributed by atoms with Crippen LogP contribution in [-0.4, -0.2) is 34.5 Å². The quantitative estimate of drug-likeness (QED) is 0.489. The summed E-state index contributed by atoms with van der Waals surface area (Å²) in [5, 5.41) is 0. The van der Waals surface area contributed by atoms with E-state index in [0.29, 0.717) is 18.4 Å². The van der Waals surface area contributed by atoms with Crippen LogP contribution in [-0.2, 0) is 11.0 Å². The van der Waals surface area contributed by atoms with Crippen molar-refractivity contribution in [1.82, 2.24) is 9.88 Å². The van der Waals surface area contributed by atoms with E-state index in [1.807, 2.05) is 6.92 Å². The van der Waals surface area contributed by atoms with Gasteiger partial charge < -0.3 is 9.64 Å².